The molecule has 3 rings (SSSR count). The van der Waals surface area contributed by atoms with Gasteiger partial charge in [0, 0.05) is 12.6 Å². The SMILES string of the molecule is CC12CCC(C1)C(C)(C)C2NCc1ccc(C#N)cc1. The van der Waals surface area contributed by atoms with Crippen LogP contribution >= 0.6 is 0 Å². The first-order valence-electron chi connectivity index (χ1n) is 7.68. The van der Waals surface area contributed by atoms with E-state index in [1.54, 1.807) is 0 Å². The van der Waals surface area contributed by atoms with Gasteiger partial charge in [-0.25, -0.2) is 0 Å². The van der Waals surface area contributed by atoms with E-state index in [1.165, 1.54) is 24.8 Å². The van der Waals surface area contributed by atoms with Gasteiger partial charge in [-0.05, 0) is 53.7 Å². The molecule has 0 aromatic heterocycles. The summed E-state index contributed by atoms with van der Waals surface area (Å²) in [6, 6.07) is 10.7. The molecule has 0 radical (unpaired) electrons. The molecular weight excluding hydrogens is 244 g/mol. The minimum absolute atomic E-state index is 0.402. The minimum Gasteiger partial charge on any atom is -0.309 e. The Morgan fingerprint density at radius 1 is 1.25 bits per heavy atom. The molecule has 0 spiro atoms. The first-order chi connectivity index (χ1) is 9.45. The van der Waals surface area contributed by atoms with E-state index in [2.05, 4.69) is 44.3 Å². The molecule has 1 aromatic carbocycles. The molecule has 0 saturated heterocycles. The molecule has 20 heavy (non-hydrogen) atoms. The Bertz CT molecular complexity index is 533. The monoisotopic (exact) mass is 268 g/mol. The number of hydrogen-bond acceptors (Lipinski definition) is 2. The summed E-state index contributed by atoms with van der Waals surface area (Å²) < 4.78 is 0. The summed E-state index contributed by atoms with van der Waals surface area (Å²) in [4.78, 5) is 0. The van der Waals surface area contributed by atoms with Crippen molar-refractivity contribution in [2.45, 2.75) is 52.6 Å². The van der Waals surface area contributed by atoms with Crippen LogP contribution in [0, 0.1) is 28.1 Å². The lowest BCUT2D eigenvalue weighted by atomic mass is 9.68. The average molecular weight is 268 g/mol. The molecule has 1 aromatic rings. The van der Waals surface area contributed by atoms with Gasteiger partial charge in [-0.1, -0.05) is 32.9 Å². The lowest BCUT2D eigenvalue weighted by molar-refractivity contribution is 0.108. The molecule has 2 fully saturated rings. The molecule has 3 atom stereocenters. The number of nitrogens with zero attached hydrogens (tertiary/aromatic N) is 1. The number of benzene rings is 1. The van der Waals surface area contributed by atoms with Crippen LogP contribution in [-0.4, -0.2) is 6.04 Å². The smallest absolute Gasteiger partial charge is 0.0991 e. The molecule has 0 aliphatic heterocycles. The van der Waals surface area contributed by atoms with Gasteiger partial charge in [0.15, 0.2) is 0 Å². The number of nitrogens with one attached hydrogen (secondary N) is 1. The van der Waals surface area contributed by atoms with E-state index in [0.717, 1.165) is 18.0 Å². The topological polar surface area (TPSA) is 35.8 Å². The normalized spacial score (nSPS) is 34.1. The molecule has 2 nitrogen and oxygen atoms in total. The number of hydrogen-bond donors (Lipinski definition) is 1. The third-order valence-electron chi connectivity index (χ3n) is 5.86. The van der Waals surface area contributed by atoms with Crippen LogP contribution in [0.2, 0.25) is 0 Å². The Labute approximate surface area is 122 Å². The van der Waals surface area contributed by atoms with Gasteiger partial charge in [0.2, 0.25) is 0 Å². The molecule has 2 heteroatoms. The molecule has 0 heterocycles. The number of nitriles is 1. The van der Waals surface area contributed by atoms with Gasteiger partial charge >= 0.3 is 0 Å². The zero-order valence-electron chi connectivity index (χ0n) is 12.7. The standard InChI is InChI=1S/C18H24N2/c1-17(2)15-8-9-18(3,10-15)16(17)20-12-14-6-4-13(11-19)5-7-14/h4-7,15-16,20H,8-10,12H2,1-3H3. The van der Waals surface area contributed by atoms with Crippen LogP contribution in [0.1, 0.15) is 51.2 Å². The van der Waals surface area contributed by atoms with Crippen molar-refractivity contribution in [3.63, 3.8) is 0 Å². The minimum atomic E-state index is 0.402. The highest BCUT2D eigenvalue weighted by Gasteiger charge is 2.58. The van der Waals surface area contributed by atoms with Crippen LogP contribution in [0.15, 0.2) is 24.3 Å². The molecule has 2 aliphatic rings. The molecule has 106 valence electrons. The first kappa shape index (κ1) is 13.6. The highest BCUT2D eigenvalue weighted by molar-refractivity contribution is 5.31. The van der Waals surface area contributed by atoms with Crippen LogP contribution < -0.4 is 5.32 Å². The summed E-state index contributed by atoms with van der Waals surface area (Å²) in [5.41, 5.74) is 2.88. The molecule has 2 bridgehead atoms. The summed E-state index contributed by atoms with van der Waals surface area (Å²) in [5, 5.41) is 12.7. The Morgan fingerprint density at radius 3 is 2.50 bits per heavy atom. The Balaban J connectivity index is 1.70. The zero-order chi connectivity index (χ0) is 14.4. The van der Waals surface area contributed by atoms with Crippen molar-refractivity contribution in [1.82, 2.24) is 5.32 Å². The third kappa shape index (κ3) is 2.05. The molecule has 2 aliphatic carbocycles. The van der Waals surface area contributed by atoms with E-state index in [1.807, 2.05) is 12.1 Å². The fourth-order valence-corrected chi connectivity index (χ4v) is 4.73. The summed E-state index contributed by atoms with van der Waals surface area (Å²) in [5.74, 6) is 0.881. The van der Waals surface area contributed by atoms with Gasteiger partial charge in [0.25, 0.3) is 0 Å². The maximum absolute atomic E-state index is 8.84. The second-order valence-corrected chi connectivity index (χ2v) is 7.54. The van der Waals surface area contributed by atoms with Gasteiger partial charge in [-0.2, -0.15) is 5.26 Å². The van der Waals surface area contributed by atoms with E-state index < -0.39 is 0 Å². The summed E-state index contributed by atoms with van der Waals surface area (Å²) in [6.45, 7) is 8.22. The fraction of sp³-hybridized carbons (Fsp3) is 0.611. The Kier molecular flexibility index (Phi) is 3.14. The van der Waals surface area contributed by atoms with Gasteiger partial charge in [-0.3, -0.25) is 0 Å². The van der Waals surface area contributed by atoms with Crippen molar-refractivity contribution < 1.29 is 0 Å². The highest BCUT2D eigenvalue weighted by atomic mass is 15.0. The number of rotatable bonds is 3. The predicted molar refractivity (Wildman–Crippen MR) is 81.0 cm³/mol. The molecule has 0 amide bonds. The molecule has 2 saturated carbocycles. The fourth-order valence-electron chi connectivity index (χ4n) is 4.73. The summed E-state index contributed by atoms with van der Waals surface area (Å²) in [7, 11) is 0. The van der Waals surface area contributed by atoms with Crippen LogP contribution in [0.4, 0.5) is 0 Å². The Hall–Kier alpha value is -1.33. The third-order valence-corrected chi connectivity index (χ3v) is 5.86. The van der Waals surface area contributed by atoms with Crippen molar-refractivity contribution in [3.05, 3.63) is 35.4 Å². The van der Waals surface area contributed by atoms with E-state index in [9.17, 15) is 0 Å². The largest absolute Gasteiger partial charge is 0.309 e. The quantitative estimate of drug-likeness (QED) is 0.903. The van der Waals surface area contributed by atoms with E-state index in [4.69, 9.17) is 5.26 Å². The van der Waals surface area contributed by atoms with Crippen LogP contribution in [0.5, 0.6) is 0 Å². The van der Waals surface area contributed by atoms with Crippen LogP contribution in [-0.2, 0) is 6.54 Å². The maximum atomic E-state index is 8.84. The first-order valence-corrected chi connectivity index (χ1v) is 7.68. The van der Waals surface area contributed by atoms with Crippen molar-refractivity contribution in [1.29, 1.82) is 5.26 Å². The molecular formula is C18H24N2. The lowest BCUT2D eigenvalue weighted by Crippen LogP contribution is -2.49. The predicted octanol–water partition coefficient (Wildman–Crippen LogP) is 3.86. The van der Waals surface area contributed by atoms with E-state index in [0.29, 0.717) is 16.9 Å². The van der Waals surface area contributed by atoms with Gasteiger partial charge in [0.1, 0.15) is 0 Å². The van der Waals surface area contributed by atoms with Gasteiger partial charge < -0.3 is 5.32 Å². The lowest BCUT2D eigenvalue weighted by Gasteiger charge is -2.43. The zero-order valence-corrected chi connectivity index (χ0v) is 12.7. The van der Waals surface area contributed by atoms with E-state index >= 15 is 0 Å². The van der Waals surface area contributed by atoms with Crippen LogP contribution in [0.25, 0.3) is 0 Å². The second kappa shape index (κ2) is 4.60. The Morgan fingerprint density at radius 2 is 1.95 bits per heavy atom. The molecule has 1 N–H and O–H groups in total. The van der Waals surface area contributed by atoms with Crippen LogP contribution in [0.3, 0.4) is 0 Å². The average Bonchev–Trinajstić information content (AvgIpc) is 2.90. The van der Waals surface area contributed by atoms with Crippen molar-refractivity contribution in [2.24, 2.45) is 16.7 Å². The van der Waals surface area contributed by atoms with Gasteiger partial charge in [-0.15, -0.1) is 0 Å². The molecule has 3 unspecified atom stereocenters. The van der Waals surface area contributed by atoms with Crippen molar-refractivity contribution in [2.75, 3.05) is 0 Å². The van der Waals surface area contributed by atoms with Crippen molar-refractivity contribution in [3.8, 4) is 6.07 Å². The summed E-state index contributed by atoms with van der Waals surface area (Å²) in [6.07, 6.45) is 4.15. The maximum Gasteiger partial charge on any atom is 0.0991 e. The number of fused-ring (bicyclic) bond motifs is 2. The van der Waals surface area contributed by atoms with Crippen molar-refractivity contribution >= 4 is 0 Å². The summed E-state index contributed by atoms with van der Waals surface area (Å²) >= 11 is 0. The van der Waals surface area contributed by atoms with E-state index in [-0.39, 0.29) is 0 Å². The highest BCUT2D eigenvalue weighted by Crippen LogP contribution is 2.62. The second-order valence-electron chi connectivity index (χ2n) is 7.54. The van der Waals surface area contributed by atoms with Gasteiger partial charge in [0.05, 0.1) is 11.6 Å².